The average molecular weight is 238 g/mol. The van der Waals surface area contributed by atoms with Crippen LogP contribution in [0.1, 0.15) is 52.4 Å². The van der Waals surface area contributed by atoms with E-state index in [1.807, 2.05) is 6.92 Å². The van der Waals surface area contributed by atoms with Crippen LogP contribution in [0.3, 0.4) is 0 Å². The van der Waals surface area contributed by atoms with Gasteiger partial charge in [0.25, 0.3) is 0 Å². The maximum Gasteiger partial charge on any atom is 0.306 e. The molecule has 1 N–H and O–H groups in total. The van der Waals surface area contributed by atoms with E-state index in [2.05, 4.69) is 6.92 Å². The van der Waals surface area contributed by atoms with E-state index < -0.39 is 5.60 Å². The molecule has 5 atom stereocenters. The Morgan fingerprint density at radius 1 is 1.35 bits per heavy atom. The molecular formula is C14H22O3. The smallest absolute Gasteiger partial charge is 0.306 e. The van der Waals surface area contributed by atoms with Gasteiger partial charge in [-0.3, -0.25) is 4.79 Å². The van der Waals surface area contributed by atoms with Crippen molar-refractivity contribution in [2.75, 3.05) is 0 Å². The minimum atomic E-state index is -0.552. The first kappa shape index (κ1) is 11.5. The molecule has 0 aromatic carbocycles. The number of rotatable bonds is 0. The largest absolute Gasteiger partial charge is 0.462 e. The molecule has 3 rings (SSSR count). The van der Waals surface area contributed by atoms with E-state index in [4.69, 9.17) is 4.74 Å². The van der Waals surface area contributed by atoms with Crippen LogP contribution in [0.25, 0.3) is 0 Å². The van der Waals surface area contributed by atoms with E-state index >= 15 is 0 Å². The summed E-state index contributed by atoms with van der Waals surface area (Å²) >= 11 is 0. The highest BCUT2D eigenvalue weighted by atomic mass is 16.5. The molecule has 1 heterocycles. The van der Waals surface area contributed by atoms with Crippen LogP contribution in [0.5, 0.6) is 0 Å². The lowest BCUT2D eigenvalue weighted by molar-refractivity contribution is -0.155. The molecule has 2 aliphatic carbocycles. The summed E-state index contributed by atoms with van der Waals surface area (Å²) in [6, 6.07) is 0. The van der Waals surface area contributed by atoms with E-state index in [0.717, 1.165) is 32.1 Å². The predicted molar refractivity (Wildman–Crippen MR) is 63.3 cm³/mol. The summed E-state index contributed by atoms with van der Waals surface area (Å²) in [6.45, 7) is 4.25. The SMILES string of the molecule is C[C@]12CCC[C@@](C)(O)[C@@H]1C[C@@H]1CC(=O)O[C@@H]1C2. The maximum atomic E-state index is 11.4. The number of hydrogen-bond donors (Lipinski definition) is 1. The van der Waals surface area contributed by atoms with Gasteiger partial charge >= 0.3 is 5.97 Å². The number of carbonyl (C=O) groups is 1. The van der Waals surface area contributed by atoms with E-state index in [9.17, 15) is 9.90 Å². The molecule has 0 aromatic rings. The van der Waals surface area contributed by atoms with Crippen LogP contribution in [0, 0.1) is 17.3 Å². The van der Waals surface area contributed by atoms with Gasteiger partial charge in [-0.25, -0.2) is 0 Å². The molecule has 0 bridgehead atoms. The Hall–Kier alpha value is -0.570. The van der Waals surface area contributed by atoms with Gasteiger partial charge in [-0.2, -0.15) is 0 Å². The summed E-state index contributed by atoms with van der Waals surface area (Å²) < 4.78 is 5.43. The van der Waals surface area contributed by atoms with Crippen molar-refractivity contribution in [3.05, 3.63) is 0 Å². The van der Waals surface area contributed by atoms with Crippen molar-refractivity contribution < 1.29 is 14.6 Å². The highest BCUT2D eigenvalue weighted by Crippen LogP contribution is 2.57. The summed E-state index contributed by atoms with van der Waals surface area (Å²) in [5, 5.41) is 10.6. The zero-order valence-electron chi connectivity index (χ0n) is 10.7. The minimum absolute atomic E-state index is 0.0399. The van der Waals surface area contributed by atoms with Gasteiger partial charge in [-0.05, 0) is 43.9 Å². The zero-order chi connectivity index (χ0) is 12.3. The molecule has 0 amide bonds. The highest BCUT2D eigenvalue weighted by molar-refractivity contribution is 5.72. The Kier molecular flexibility index (Phi) is 2.35. The molecule has 0 spiro atoms. The van der Waals surface area contributed by atoms with Gasteiger partial charge in [0.15, 0.2) is 0 Å². The first-order valence-corrected chi connectivity index (χ1v) is 6.83. The summed E-state index contributed by atoms with van der Waals surface area (Å²) in [4.78, 5) is 11.4. The third-order valence-electron chi connectivity index (χ3n) is 5.47. The zero-order valence-corrected chi connectivity index (χ0v) is 10.7. The molecule has 2 saturated carbocycles. The number of hydrogen-bond acceptors (Lipinski definition) is 3. The molecule has 17 heavy (non-hydrogen) atoms. The normalized spacial score (nSPS) is 53.8. The molecular weight excluding hydrogens is 216 g/mol. The third kappa shape index (κ3) is 1.70. The second-order valence-corrected chi connectivity index (χ2v) is 6.85. The van der Waals surface area contributed by atoms with Crippen LogP contribution >= 0.6 is 0 Å². The van der Waals surface area contributed by atoms with Gasteiger partial charge in [0.1, 0.15) is 6.10 Å². The first-order chi connectivity index (χ1) is 7.91. The molecule has 0 radical (unpaired) electrons. The Morgan fingerprint density at radius 3 is 2.88 bits per heavy atom. The van der Waals surface area contributed by atoms with E-state index in [-0.39, 0.29) is 17.5 Å². The van der Waals surface area contributed by atoms with Gasteiger partial charge in [0.05, 0.1) is 12.0 Å². The predicted octanol–water partition coefficient (Wildman–Crippen LogP) is 2.27. The first-order valence-electron chi connectivity index (χ1n) is 6.83. The van der Waals surface area contributed by atoms with Crippen molar-refractivity contribution in [2.24, 2.45) is 17.3 Å². The van der Waals surface area contributed by atoms with Crippen molar-refractivity contribution in [3.8, 4) is 0 Å². The fourth-order valence-corrected chi connectivity index (χ4v) is 4.60. The topological polar surface area (TPSA) is 46.5 Å². The third-order valence-corrected chi connectivity index (χ3v) is 5.47. The van der Waals surface area contributed by atoms with Crippen LogP contribution in [-0.2, 0) is 9.53 Å². The summed E-state index contributed by atoms with van der Waals surface area (Å²) in [7, 11) is 0. The van der Waals surface area contributed by atoms with Crippen LogP contribution in [0.15, 0.2) is 0 Å². The Balaban J connectivity index is 1.88. The molecule has 1 aliphatic heterocycles. The molecule has 1 saturated heterocycles. The fourth-order valence-electron chi connectivity index (χ4n) is 4.60. The maximum absolute atomic E-state index is 11.4. The monoisotopic (exact) mass is 238 g/mol. The standard InChI is InChI=1S/C14H22O3/c1-13-4-3-5-14(2,16)11(13)6-9-7-12(15)17-10(9)8-13/h9-11,16H,3-8H2,1-2H3/t9-,10-,11-,13-,14-/m1/s1. The molecule has 96 valence electrons. The van der Waals surface area contributed by atoms with Crippen LogP contribution in [-0.4, -0.2) is 22.8 Å². The molecule has 3 aliphatic rings. The van der Waals surface area contributed by atoms with Crippen molar-refractivity contribution in [1.29, 1.82) is 0 Å². The number of fused-ring (bicyclic) bond motifs is 2. The van der Waals surface area contributed by atoms with Crippen molar-refractivity contribution in [1.82, 2.24) is 0 Å². The van der Waals surface area contributed by atoms with Crippen molar-refractivity contribution in [3.63, 3.8) is 0 Å². The minimum Gasteiger partial charge on any atom is -0.462 e. The number of esters is 1. The van der Waals surface area contributed by atoms with Crippen LogP contribution in [0.2, 0.25) is 0 Å². The second-order valence-electron chi connectivity index (χ2n) is 6.85. The molecule has 3 fully saturated rings. The van der Waals surface area contributed by atoms with Gasteiger partial charge in [0.2, 0.25) is 0 Å². The fraction of sp³-hybridized carbons (Fsp3) is 0.929. The van der Waals surface area contributed by atoms with Crippen LogP contribution < -0.4 is 0 Å². The lowest BCUT2D eigenvalue weighted by Crippen LogP contribution is -2.53. The molecule has 3 heteroatoms. The summed E-state index contributed by atoms with van der Waals surface area (Å²) in [5.74, 6) is 0.645. The Bertz CT molecular complexity index is 349. The quantitative estimate of drug-likeness (QED) is 0.658. The van der Waals surface area contributed by atoms with E-state index in [1.54, 1.807) is 0 Å². The summed E-state index contributed by atoms with van der Waals surface area (Å²) in [6.07, 6.45) is 5.74. The molecule has 0 aromatic heterocycles. The van der Waals surface area contributed by atoms with Gasteiger partial charge in [0, 0.05) is 5.92 Å². The lowest BCUT2D eigenvalue weighted by Gasteiger charge is -2.54. The van der Waals surface area contributed by atoms with Crippen molar-refractivity contribution >= 4 is 5.97 Å². The number of carbonyl (C=O) groups excluding carboxylic acids is 1. The van der Waals surface area contributed by atoms with E-state index in [1.165, 1.54) is 0 Å². The van der Waals surface area contributed by atoms with E-state index in [0.29, 0.717) is 18.3 Å². The Morgan fingerprint density at radius 2 is 2.12 bits per heavy atom. The molecule has 0 unspecified atom stereocenters. The number of ether oxygens (including phenoxy) is 1. The average Bonchev–Trinajstić information content (AvgIpc) is 2.53. The highest BCUT2D eigenvalue weighted by Gasteiger charge is 2.56. The van der Waals surface area contributed by atoms with Gasteiger partial charge in [-0.15, -0.1) is 0 Å². The van der Waals surface area contributed by atoms with Crippen molar-refractivity contribution in [2.45, 2.75) is 64.1 Å². The van der Waals surface area contributed by atoms with Crippen LogP contribution in [0.4, 0.5) is 0 Å². The second kappa shape index (κ2) is 3.47. The number of aliphatic hydroxyl groups is 1. The lowest BCUT2D eigenvalue weighted by atomic mass is 9.53. The summed E-state index contributed by atoms with van der Waals surface area (Å²) in [5.41, 5.74) is -0.392. The van der Waals surface area contributed by atoms with Gasteiger partial charge in [-0.1, -0.05) is 13.3 Å². The van der Waals surface area contributed by atoms with Gasteiger partial charge < -0.3 is 9.84 Å². The Labute approximate surface area is 103 Å². The molecule has 3 nitrogen and oxygen atoms in total.